The van der Waals surface area contributed by atoms with Crippen molar-refractivity contribution in [3.05, 3.63) is 33.9 Å². The summed E-state index contributed by atoms with van der Waals surface area (Å²) in [5, 5.41) is 13.2. The van der Waals surface area contributed by atoms with Gasteiger partial charge >= 0.3 is 5.97 Å². The van der Waals surface area contributed by atoms with Gasteiger partial charge in [0.15, 0.2) is 0 Å². The van der Waals surface area contributed by atoms with Gasteiger partial charge in [0.05, 0.1) is 14.2 Å². The van der Waals surface area contributed by atoms with Gasteiger partial charge in [0.1, 0.15) is 11.7 Å². The fraction of sp³-hybridized carbons (Fsp3) is 0.353. The van der Waals surface area contributed by atoms with E-state index in [-0.39, 0.29) is 17.6 Å². The van der Waals surface area contributed by atoms with E-state index in [1.807, 2.05) is 0 Å². The number of rotatable bonds is 2. The number of carbonyl (C=O) groups excluding carboxylic acids is 3. The molecule has 1 fully saturated rings. The Balaban J connectivity index is 2.16. The van der Waals surface area contributed by atoms with Crippen molar-refractivity contribution in [3.63, 3.8) is 0 Å². The van der Waals surface area contributed by atoms with Crippen LogP contribution in [0.15, 0.2) is 17.7 Å². The number of hydrogen-bond donors (Lipinski definition) is 0. The van der Waals surface area contributed by atoms with Crippen molar-refractivity contribution >= 4 is 34.9 Å². The Hall–Kier alpha value is -2.34. The van der Waals surface area contributed by atoms with Gasteiger partial charge in [-0.15, -0.1) is 0 Å². The van der Waals surface area contributed by atoms with Crippen LogP contribution in [-0.2, 0) is 25.5 Å². The average molecular weight is 350 g/mol. The summed E-state index contributed by atoms with van der Waals surface area (Å²) in [7, 11) is 2.57. The van der Waals surface area contributed by atoms with E-state index in [0.29, 0.717) is 22.8 Å². The molecular formula is C17H14ClO6-. The molecule has 0 N–H and O–H groups in total. The maximum atomic E-state index is 12.8. The number of ketones is 2. The van der Waals surface area contributed by atoms with Crippen molar-refractivity contribution in [3.8, 4) is 5.75 Å². The van der Waals surface area contributed by atoms with E-state index in [0.717, 1.165) is 7.11 Å². The summed E-state index contributed by atoms with van der Waals surface area (Å²) >= 11 is 6.20. The monoisotopic (exact) mass is 349 g/mol. The maximum absolute atomic E-state index is 12.8. The summed E-state index contributed by atoms with van der Waals surface area (Å²) in [6.07, 6.45) is 0.351. The molecule has 1 aromatic carbocycles. The molecule has 7 heteroatoms. The fourth-order valence-corrected chi connectivity index (χ4v) is 3.64. The summed E-state index contributed by atoms with van der Waals surface area (Å²) < 4.78 is 9.79. The second-order valence-electron chi connectivity index (χ2n) is 5.75. The Kier molecular flexibility index (Phi) is 4.09. The minimum absolute atomic E-state index is 0.0608. The van der Waals surface area contributed by atoms with Crippen LogP contribution < -0.4 is 9.84 Å². The Morgan fingerprint density at radius 1 is 1.29 bits per heavy atom. The van der Waals surface area contributed by atoms with Crippen LogP contribution in [0.25, 0.3) is 5.76 Å². The van der Waals surface area contributed by atoms with Gasteiger partial charge in [0.25, 0.3) is 0 Å². The zero-order valence-electron chi connectivity index (χ0n) is 13.1. The third-order valence-electron chi connectivity index (χ3n) is 4.56. The molecule has 3 rings (SSSR count). The molecule has 2 aliphatic carbocycles. The minimum atomic E-state index is -1.17. The zero-order valence-corrected chi connectivity index (χ0v) is 13.8. The predicted octanol–water partition coefficient (Wildman–Crippen LogP) is 0.923. The molecule has 0 radical (unpaired) electrons. The van der Waals surface area contributed by atoms with Crippen molar-refractivity contribution in [1.29, 1.82) is 0 Å². The van der Waals surface area contributed by atoms with Crippen molar-refractivity contribution in [1.82, 2.24) is 0 Å². The highest BCUT2D eigenvalue weighted by molar-refractivity contribution is 6.48. The third-order valence-corrected chi connectivity index (χ3v) is 4.91. The lowest BCUT2D eigenvalue weighted by atomic mass is 9.69. The number of fused-ring (bicyclic) bond motifs is 2. The summed E-state index contributed by atoms with van der Waals surface area (Å²) in [6, 6.07) is 3.16. The standard InChI is InChI=1S/C17H15ClO6/c1-23-11-4-3-10(18)8-5-7-6-9(17(22)24-2)14(19)16(21)12(7)15(20)13(8)11/h3-4,7,9,20H,5-6H2,1-2H3/p-1. The number of Topliss-reactive ketones (excluding diaryl/α,β-unsaturated/α-hetero) is 2. The van der Waals surface area contributed by atoms with Gasteiger partial charge in [0, 0.05) is 10.6 Å². The lowest BCUT2D eigenvalue weighted by Crippen LogP contribution is -2.43. The normalized spacial score (nSPS) is 22.8. The highest BCUT2D eigenvalue weighted by Gasteiger charge is 2.45. The van der Waals surface area contributed by atoms with Gasteiger partial charge in [-0.2, -0.15) is 0 Å². The van der Waals surface area contributed by atoms with Crippen LogP contribution in [0.4, 0.5) is 0 Å². The number of hydrogen-bond acceptors (Lipinski definition) is 6. The number of carbonyl (C=O) groups is 3. The van der Waals surface area contributed by atoms with Crippen molar-refractivity contribution in [2.24, 2.45) is 11.8 Å². The molecule has 0 spiro atoms. The molecule has 2 unspecified atom stereocenters. The molecule has 24 heavy (non-hydrogen) atoms. The number of allylic oxidation sites excluding steroid dienone is 1. The van der Waals surface area contributed by atoms with Gasteiger partial charge in [-0.1, -0.05) is 17.4 Å². The number of ether oxygens (including phenoxy) is 2. The first-order chi connectivity index (χ1) is 11.4. The molecular weight excluding hydrogens is 336 g/mol. The van der Waals surface area contributed by atoms with Crippen LogP contribution in [0, 0.1) is 11.8 Å². The smallest absolute Gasteiger partial charge is 0.316 e. The molecule has 1 aromatic rings. The summed E-state index contributed by atoms with van der Waals surface area (Å²) in [5.41, 5.74) is 0.697. The van der Waals surface area contributed by atoms with Gasteiger partial charge < -0.3 is 14.6 Å². The number of halogens is 1. The molecule has 6 nitrogen and oxygen atoms in total. The summed E-state index contributed by atoms with van der Waals surface area (Å²) in [6.45, 7) is 0. The second-order valence-corrected chi connectivity index (χ2v) is 6.16. The Bertz CT molecular complexity index is 795. The van der Waals surface area contributed by atoms with Gasteiger partial charge in [-0.25, -0.2) is 0 Å². The molecule has 2 atom stereocenters. The molecule has 0 bridgehead atoms. The SMILES string of the molecule is COC(=O)C1CC2Cc3c(Cl)ccc(OC)c3C([O-])=C2C(=O)C1=O. The van der Waals surface area contributed by atoms with Crippen molar-refractivity contribution < 1.29 is 29.0 Å². The summed E-state index contributed by atoms with van der Waals surface area (Å²) in [4.78, 5) is 36.3. The first-order valence-electron chi connectivity index (χ1n) is 7.34. The van der Waals surface area contributed by atoms with Crippen LogP contribution >= 0.6 is 11.6 Å². The molecule has 126 valence electrons. The molecule has 2 aliphatic rings. The Morgan fingerprint density at radius 3 is 2.62 bits per heavy atom. The number of benzene rings is 1. The van der Waals surface area contributed by atoms with E-state index >= 15 is 0 Å². The van der Waals surface area contributed by atoms with E-state index in [2.05, 4.69) is 4.74 Å². The number of esters is 1. The largest absolute Gasteiger partial charge is 0.872 e. The molecule has 0 saturated heterocycles. The maximum Gasteiger partial charge on any atom is 0.316 e. The lowest BCUT2D eigenvalue weighted by molar-refractivity contribution is -0.246. The Morgan fingerprint density at radius 2 is 2.00 bits per heavy atom. The third kappa shape index (κ3) is 2.29. The van der Waals surface area contributed by atoms with Gasteiger partial charge in [-0.05, 0) is 42.0 Å². The highest BCUT2D eigenvalue weighted by Crippen LogP contribution is 2.45. The van der Waals surface area contributed by atoms with Gasteiger partial charge in [-0.3, -0.25) is 14.4 Å². The first-order valence-corrected chi connectivity index (χ1v) is 7.71. The zero-order chi connectivity index (χ0) is 17.6. The fourth-order valence-electron chi connectivity index (χ4n) is 3.41. The van der Waals surface area contributed by atoms with Crippen molar-refractivity contribution in [2.45, 2.75) is 12.8 Å². The predicted molar refractivity (Wildman–Crippen MR) is 82.3 cm³/mol. The van der Waals surface area contributed by atoms with E-state index in [4.69, 9.17) is 16.3 Å². The highest BCUT2D eigenvalue weighted by atomic mass is 35.5. The van der Waals surface area contributed by atoms with Crippen LogP contribution in [0.3, 0.4) is 0 Å². The van der Waals surface area contributed by atoms with E-state index in [1.165, 1.54) is 7.11 Å². The van der Waals surface area contributed by atoms with Crippen LogP contribution in [0.2, 0.25) is 5.02 Å². The molecule has 0 amide bonds. The van der Waals surface area contributed by atoms with E-state index in [9.17, 15) is 19.5 Å². The summed E-state index contributed by atoms with van der Waals surface area (Å²) in [5.74, 6) is -4.53. The van der Waals surface area contributed by atoms with E-state index < -0.39 is 35.1 Å². The Labute approximate surface area is 143 Å². The topological polar surface area (TPSA) is 92.7 Å². The minimum Gasteiger partial charge on any atom is -0.872 e. The molecule has 0 heterocycles. The van der Waals surface area contributed by atoms with E-state index in [1.54, 1.807) is 12.1 Å². The average Bonchev–Trinajstić information content (AvgIpc) is 2.58. The molecule has 0 aromatic heterocycles. The number of methoxy groups -OCH3 is 2. The first kappa shape index (κ1) is 16.5. The van der Waals surface area contributed by atoms with Crippen LogP contribution in [-0.4, -0.2) is 31.8 Å². The second kappa shape index (κ2) is 5.94. The molecule has 1 saturated carbocycles. The van der Waals surface area contributed by atoms with Crippen molar-refractivity contribution in [2.75, 3.05) is 14.2 Å². The van der Waals surface area contributed by atoms with Crippen LogP contribution in [0.1, 0.15) is 17.5 Å². The quantitative estimate of drug-likeness (QED) is 0.448. The van der Waals surface area contributed by atoms with Gasteiger partial charge in [0.2, 0.25) is 11.6 Å². The van der Waals surface area contributed by atoms with Crippen LogP contribution in [0.5, 0.6) is 5.75 Å². The molecule has 0 aliphatic heterocycles. The lowest BCUT2D eigenvalue weighted by Gasteiger charge is -2.37.